The van der Waals surface area contributed by atoms with Crippen molar-refractivity contribution < 1.29 is 23.1 Å². The molecule has 1 heterocycles. The van der Waals surface area contributed by atoms with E-state index in [9.17, 15) is 13.2 Å². The second kappa shape index (κ2) is 8.51. The molecule has 8 heteroatoms. The van der Waals surface area contributed by atoms with E-state index in [1.165, 1.54) is 23.5 Å². The molecule has 27 heavy (non-hydrogen) atoms. The van der Waals surface area contributed by atoms with Crippen molar-refractivity contribution in [3.05, 3.63) is 70.7 Å². The lowest BCUT2D eigenvalue weighted by atomic mass is 10.1. The number of hydrogen-bond acceptors (Lipinski definition) is 5. The molecule has 0 radical (unpaired) electrons. The van der Waals surface area contributed by atoms with E-state index in [-0.39, 0.29) is 0 Å². The molecule has 2 N–H and O–H groups in total. The average Bonchev–Trinajstić information content (AvgIpc) is 3.12. The van der Waals surface area contributed by atoms with Crippen LogP contribution >= 0.6 is 11.3 Å². The van der Waals surface area contributed by atoms with Crippen LogP contribution in [-0.2, 0) is 19.1 Å². The van der Waals surface area contributed by atoms with Gasteiger partial charge in [0.1, 0.15) is 10.8 Å². The third kappa shape index (κ3) is 5.29. The largest absolute Gasteiger partial charge is 0.493 e. The molecule has 0 saturated carbocycles. The number of aromatic nitrogens is 1. The fourth-order valence-electron chi connectivity index (χ4n) is 2.42. The van der Waals surface area contributed by atoms with Gasteiger partial charge in [0.2, 0.25) is 0 Å². The van der Waals surface area contributed by atoms with Crippen LogP contribution in [0.5, 0.6) is 5.75 Å². The van der Waals surface area contributed by atoms with Crippen molar-refractivity contribution >= 4 is 11.3 Å². The molecular formula is C19H17F3N2O2S. The summed E-state index contributed by atoms with van der Waals surface area (Å²) in [5, 5.41) is 11.2. The van der Waals surface area contributed by atoms with Crippen LogP contribution < -0.4 is 10.2 Å². The van der Waals surface area contributed by atoms with Crippen LogP contribution in [0.25, 0.3) is 10.6 Å². The predicted molar refractivity (Wildman–Crippen MR) is 96.8 cm³/mol. The van der Waals surface area contributed by atoms with Crippen LogP contribution in [0.15, 0.2) is 53.9 Å². The van der Waals surface area contributed by atoms with Gasteiger partial charge in [0.15, 0.2) is 0 Å². The Hall–Kier alpha value is -2.42. The van der Waals surface area contributed by atoms with Crippen molar-refractivity contribution in [3.8, 4) is 16.3 Å². The Morgan fingerprint density at radius 2 is 1.74 bits per heavy atom. The Kier molecular flexibility index (Phi) is 6.10. The fraction of sp³-hybridized carbons (Fsp3) is 0.211. The molecule has 3 rings (SSSR count). The fourth-order valence-corrected chi connectivity index (χ4v) is 3.28. The molecule has 1 aromatic heterocycles. The van der Waals surface area contributed by atoms with Crippen LogP contribution in [0.4, 0.5) is 13.2 Å². The second-order valence-electron chi connectivity index (χ2n) is 5.80. The van der Waals surface area contributed by atoms with E-state index in [0.717, 1.165) is 29.1 Å². The van der Waals surface area contributed by atoms with Crippen molar-refractivity contribution in [1.29, 1.82) is 0 Å². The number of alkyl halides is 3. The van der Waals surface area contributed by atoms with Gasteiger partial charge in [-0.25, -0.2) is 10.5 Å². The number of hydroxylamine groups is 1. The Morgan fingerprint density at radius 3 is 2.37 bits per heavy atom. The Labute approximate surface area is 158 Å². The lowest BCUT2D eigenvalue weighted by Gasteiger charge is -2.06. The summed E-state index contributed by atoms with van der Waals surface area (Å²) in [6.45, 7) is 0.805. The minimum absolute atomic E-state index is 0.367. The van der Waals surface area contributed by atoms with E-state index in [0.29, 0.717) is 30.1 Å². The van der Waals surface area contributed by atoms with Gasteiger partial charge in [-0.15, -0.1) is 11.3 Å². The topological polar surface area (TPSA) is 54.4 Å². The molecule has 0 atom stereocenters. The van der Waals surface area contributed by atoms with Crippen molar-refractivity contribution in [1.82, 2.24) is 10.5 Å². The summed E-state index contributed by atoms with van der Waals surface area (Å²) >= 11 is 1.39. The summed E-state index contributed by atoms with van der Waals surface area (Å²) in [4.78, 5) is 4.46. The molecule has 0 aliphatic rings. The van der Waals surface area contributed by atoms with Crippen molar-refractivity contribution in [2.24, 2.45) is 0 Å². The molecule has 0 spiro atoms. The summed E-state index contributed by atoms with van der Waals surface area (Å²) in [6, 6.07) is 12.3. The highest BCUT2D eigenvalue weighted by Crippen LogP contribution is 2.31. The zero-order chi connectivity index (χ0) is 19.3. The Morgan fingerprint density at radius 1 is 1.04 bits per heavy atom. The molecule has 0 bridgehead atoms. The molecule has 2 aromatic carbocycles. The first-order chi connectivity index (χ1) is 13.0. The molecular weight excluding hydrogens is 377 g/mol. The number of rotatable bonds is 7. The molecule has 0 fully saturated rings. The quantitative estimate of drug-likeness (QED) is 0.558. The van der Waals surface area contributed by atoms with Crippen LogP contribution in [0.3, 0.4) is 0 Å². The van der Waals surface area contributed by atoms with E-state index in [1.54, 1.807) is 0 Å². The molecule has 4 nitrogen and oxygen atoms in total. The molecule has 0 aliphatic heterocycles. The highest BCUT2D eigenvalue weighted by atomic mass is 32.1. The van der Waals surface area contributed by atoms with E-state index < -0.39 is 11.7 Å². The zero-order valence-corrected chi connectivity index (χ0v) is 15.0. The maximum absolute atomic E-state index is 12.6. The zero-order valence-electron chi connectivity index (χ0n) is 14.2. The second-order valence-corrected chi connectivity index (χ2v) is 6.65. The van der Waals surface area contributed by atoms with Gasteiger partial charge in [-0.05, 0) is 29.8 Å². The highest BCUT2D eigenvalue weighted by molar-refractivity contribution is 7.13. The third-order valence-electron chi connectivity index (χ3n) is 3.84. The minimum atomic E-state index is -4.34. The van der Waals surface area contributed by atoms with Gasteiger partial charge >= 0.3 is 6.18 Å². The van der Waals surface area contributed by atoms with Gasteiger partial charge in [0, 0.05) is 23.9 Å². The molecule has 0 unspecified atom stereocenters. The van der Waals surface area contributed by atoms with E-state index in [1.807, 2.05) is 29.6 Å². The van der Waals surface area contributed by atoms with Gasteiger partial charge in [0.05, 0.1) is 17.9 Å². The predicted octanol–water partition coefficient (Wildman–Crippen LogP) is 4.93. The third-order valence-corrected chi connectivity index (χ3v) is 4.78. The molecule has 0 saturated heterocycles. The maximum Gasteiger partial charge on any atom is 0.416 e. The van der Waals surface area contributed by atoms with E-state index in [4.69, 9.17) is 9.94 Å². The van der Waals surface area contributed by atoms with Gasteiger partial charge < -0.3 is 9.94 Å². The summed E-state index contributed by atoms with van der Waals surface area (Å²) in [5.74, 6) is 0.717. The number of hydrogen-bond donors (Lipinski definition) is 2. The summed E-state index contributed by atoms with van der Waals surface area (Å²) in [6.07, 6.45) is -3.74. The first-order valence-electron chi connectivity index (χ1n) is 8.16. The molecule has 142 valence electrons. The number of nitrogens with zero attached hydrogens (tertiary/aromatic N) is 1. The van der Waals surface area contributed by atoms with Gasteiger partial charge in [0.25, 0.3) is 0 Å². The maximum atomic E-state index is 12.6. The van der Waals surface area contributed by atoms with Gasteiger partial charge in [-0.2, -0.15) is 13.2 Å². The highest BCUT2D eigenvalue weighted by Gasteiger charge is 2.30. The van der Waals surface area contributed by atoms with Crippen molar-refractivity contribution in [2.45, 2.75) is 19.1 Å². The standard InChI is InChI=1S/C19H17F3N2O2S/c20-19(21,22)15-5-3-14(4-6-15)18-24-16(12-27-18)9-10-26-17-7-1-13(2-8-17)11-23-25/h1-8,12,23,25H,9-11H2. The normalized spacial score (nSPS) is 11.6. The number of ether oxygens (including phenoxy) is 1. The smallest absolute Gasteiger partial charge is 0.416 e. The first kappa shape index (κ1) is 19.3. The van der Waals surface area contributed by atoms with E-state index >= 15 is 0 Å². The summed E-state index contributed by atoms with van der Waals surface area (Å²) < 4.78 is 43.5. The van der Waals surface area contributed by atoms with Crippen molar-refractivity contribution in [2.75, 3.05) is 6.61 Å². The van der Waals surface area contributed by atoms with Crippen LogP contribution in [0.2, 0.25) is 0 Å². The Balaban J connectivity index is 1.55. The SMILES string of the molecule is ONCc1ccc(OCCc2csc(-c3ccc(C(F)(F)F)cc3)n2)cc1. The van der Waals surface area contributed by atoms with Crippen molar-refractivity contribution in [3.63, 3.8) is 0 Å². The van der Waals surface area contributed by atoms with Crippen LogP contribution in [0, 0.1) is 0 Å². The summed E-state index contributed by atoms with van der Waals surface area (Å²) in [7, 11) is 0. The number of thiazole rings is 1. The van der Waals surface area contributed by atoms with E-state index in [2.05, 4.69) is 10.5 Å². The van der Waals surface area contributed by atoms with Crippen LogP contribution in [0.1, 0.15) is 16.8 Å². The average molecular weight is 394 g/mol. The first-order valence-corrected chi connectivity index (χ1v) is 9.04. The lowest BCUT2D eigenvalue weighted by molar-refractivity contribution is -0.137. The minimum Gasteiger partial charge on any atom is -0.493 e. The summed E-state index contributed by atoms with van der Waals surface area (Å²) in [5.41, 5.74) is 3.85. The lowest BCUT2D eigenvalue weighted by Crippen LogP contribution is -2.06. The number of benzene rings is 2. The van der Waals surface area contributed by atoms with Gasteiger partial charge in [-0.3, -0.25) is 0 Å². The van der Waals surface area contributed by atoms with Gasteiger partial charge in [-0.1, -0.05) is 24.3 Å². The molecule has 3 aromatic rings. The molecule has 0 amide bonds. The van der Waals surface area contributed by atoms with Crippen LogP contribution in [-0.4, -0.2) is 16.8 Å². The number of nitrogens with one attached hydrogen (secondary N) is 1. The monoisotopic (exact) mass is 394 g/mol. The Bertz CT molecular complexity index is 862. The number of halogens is 3. The molecule has 0 aliphatic carbocycles.